The average Bonchev–Trinajstić information content (AvgIpc) is 3.27. The van der Waals surface area contributed by atoms with Crippen molar-refractivity contribution in [3.8, 4) is 5.75 Å². The van der Waals surface area contributed by atoms with Gasteiger partial charge in [-0.3, -0.25) is 9.69 Å². The highest BCUT2D eigenvalue weighted by Gasteiger charge is 2.29. The molecule has 3 aromatic rings. The predicted molar refractivity (Wildman–Crippen MR) is 124 cm³/mol. The molecule has 0 bridgehead atoms. The first kappa shape index (κ1) is 20.8. The predicted octanol–water partition coefficient (Wildman–Crippen LogP) is 6.28. The maximum absolute atomic E-state index is 12.6. The Morgan fingerprint density at radius 2 is 1.63 bits per heavy atom. The Hall–Kier alpha value is -2.43. The van der Waals surface area contributed by atoms with Gasteiger partial charge in [0.15, 0.2) is 5.78 Å². The Kier molecular flexibility index (Phi) is 6.66. The van der Waals surface area contributed by atoms with E-state index in [1.807, 2.05) is 48.5 Å². The lowest BCUT2D eigenvalue weighted by atomic mass is 10.0. The molecule has 4 rings (SSSR count). The molecule has 4 heteroatoms. The van der Waals surface area contributed by atoms with E-state index >= 15 is 0 Å². The summed E-state index contributed by atoms with van der Waals surface area (Å²) in [4.78, 5) is 15.2. The fourth-order valence-electron chi connectivity index (χ4n) is 4.13. The standard InChI is InChI=1S/C26H26BrNO2/c1-19(20-6-3-2-4-7-20)28-17-5-8-24(28)18-30-25-15-11-22(12-16-25)26(29)21-9-13-23(27)14-10-21/h2-4,6-7,9-16,19,24H,5,8,17-18H2,1H3. The normalized spacial score (nSPS) is 17.6. The third-order valence-electron chi connectivity index (χ3n) is 5.87. The quantitative estimate of drug-likeness (QED) is 0.385. The van der Waals surface area contributed by atoms with E-state index in [1.165, 1.54) is 12.0 Å². The second-order valence-electron chi connectivity index (χ2n) is 7.79. The molecule has 0 spiro atoms. The molecule has 3 aromatic carbocycles. The third-order valence-corrected chi connectivity index (χ3v) is 6.40. The zero-order valence-electron chi connectivity index (χ0n) is 17.1. The molecule has 154 valence electrons. The largest absolute Gasteiger partial charge is 0.492 e. The van der Waals surface area contributed by atoms with Crippen LogP contribution < -0.4 is 4.74 Å². The van der Waals surface area contributed by atoms with Crippen LogP contribution in [0.5, 0.6) is 5.75 Å². The highest BCUT2D eigenvalue weighted by atomic mass is 79.9. The van der Waals surface area contributed by atoms with Gasteiger partial charge in [0.05, 0.1) is 0 Å². The first-order valence-corrected chi connectivity index (χ1v) is 11.2. The van der Waals surface area contributed by atoms with Crippen molar-refractivity contribution >= 4 is 21.7 Å². The Morgan fingerprint density at radius 3 is 2.30 bits per heavy atom. The van der Waals surface area contributed by atoms with Gasteiger partial charge in [0, 0.05) is 27.7 Å². The summed E-state index contributed by atoms with van der Waals surface area (Å²) in [5.74, 6) is 0.828. The maximum atomic E-state index is 12.6. The molecule has 0 aliphatic carbocycles. The number of ether oxygens (including phenoxy) is 1. The molecular weight excluding hydrogens is 438 g/mol. The van der Waals surface area contributed by atoms with Gasteiger partial charge in [0.25, 0.3) is 0 Å². The minimum Gasteiger partial charge on any atom is -0.492 e. The van der Waals surface area contributed by atoms with Crippen molar-refractivity contribution in [2.75, 3.05) is 13.2 Å². The van der Waals surface area contributed by atoms with Gasteiger partial charge in [0.2, 0.25) is 0 Å². The summed E-state index contributed by atoms with van der Waals surface area (Å²) in [7, 11) is 0. The van der Waals surface area contributed by atoms with E-state index in [0.29, 0.717) is 29.8 Å². The number of likely N-dealkylation sites (tertiary alicyclic amines) is 1. The van der Waals surface area contributed by atoms with Crippen LogP contribution in [-0.2, 0) is 0 Å². The summed E-state index contributed by atoms with van der Waals surface area (Å²) in [6.07, 6.45) is 2.35. The van der Waals surface area contributed by atoms with Crippen molar-refractivity contribution in [3.63, 3.8) is 0 Å². The molecule has 1 aliphatic rings. The zero-order chi connectivity index (χ0) is 20.9. The number of benzene rings is 3. The monoisotopic (exact) mass is 463 g/mol. The van der Waals surface area contributed by atoms with Crippen molar-refractivity contribution in [2.45, 2.75) is 31.8 Å². The summed E-state index contributed by atoms with van der Waals surface area (Å²) in [5.41, 5.74) is 2.70. The van der Waals surface area contributed by atoms with Crippen LogP contribution in [0.15, 0.2) is 83.3 Å². The number of ketones is 1. The molecule has 0 aromatic heterocycles. The minimum atomic E-state index is 0.0210. The summed E-state index contributed by atoms with van der Waals surface area (Å²) < 4.78 is 7.07. The highest BCUT2D eigenvalue weighted by Crippen LogP contribution is 2.29. The van der Waals surface area contributed by atoms with Crippen molar-refractivity contribution in [1.82, 2.24) is 4.90 Å². The molecule has 2 atom stereocenters. The Balaban J connectivity index is 1.36. The second kappa shape index (κ2) is 9.59. The molecule has 0 amide bonds. The van der Waals surface area contributed by atoms with Gasteiger partial charge in [-0.05, 0) is 80.4 Å². The number of carbonyl (C=O) groups is 1. The smallest absolute Gasteiger partial charge is 0.193 e. The topological polar surface area (TPSA) is 29.5 Å². The molecule has 1 heterocycles. The van der Waals surface area contributed by atoms with E-state index in [1.54, 1.807) is 0 Å². The van der Waals surface area contributed by atoms with Crippen molar-refractivity contribution in [1.29, 1.82) is 0 Å². The Labute approximate surface area is 186 Å². The van der Waals surface area contributed by atoms with E-state index in [4.69, 9.17) is 4.74 Å². The number of rotatable bonds is 7. The number of hydrogen-bond donors (Lipinski definition) is 0. The molecular formula is C26H26BrNO2. The van der Waals surface area contributed by atoms with Gasteiger partial charge in [-0.15, -0.1) is 0 Å². The van der Waals surface area contributed by atoms with Crippen molar-refractivity contribution in [2.24, 2.45) is 0 Å². The summed E-state index contributed by atoms with van der Waals surface area (Å²) in [5, 5.41) is 0. The molecule has 0 N–H and O–H groups in total. The number of nitrogens with zero attached hydrogens (tertiary/aromatic N) is 1. The molecule has 30 heavy (non-hydrogen) atoms. The zero-order valence-corrected chi connectivity index (χ0v) is 18.7. The average molecular weight is 464 g/mol. The van der Waals surface area contributed by atoms with Gasteiger partial charge in [-0.2, -0.15) is 0 Å². The first-order valence-electron chi connectivity index (χ1n) is 10.5. The fourth-order valence-corrected chi connectivity index (χ4v) is 4.40. The summed E-state index contributed by atoms with van der Waals surface area (Å²) >= 11 is 3.40. The van der Waals surface area contributed by atoms with E-state index in [0.717, 1.165) is 23.2 Å². The van der Waals surface area contributed by atoms with Gasteiger partial charge < -0.3 is 4.74 Å². The molecule has 1 aliphatic heterocycles. The van der Waals surface area contributed by atoms with E-state index in [-0.39, 0.29) is 5.78 Å². The Bertz CT molecular complexity index is 970. The lowest BCUT2D eigenvalue weighted by Crippen LogP contribution is -2.36. The van der Waals surface area contributed by atoms with E-state index in [2.05, 4.69) is 58.1 Å². The van der Waals surface area contributed by atoms with Gasteiger partial charge in [-0.25, -0.2) is 0 Å². The summed E-state index contributed by atoms with van der Waals surface area (Å²) in [6.45, 7) is 4.04. The van der Waals surface area contributed by atoms with Crippen molar-refractivity contribution < 1.29 is 9.53 Å². The van der Waals surface area contributed by atoms with Crippen LogP contribution in [0.3, 0.4) is 0 Å². The van der Waals surface area contributed by atoms with E-state index < -0.39 is 0 Å². The lowest BCUT2D eigenvalue weighted by Gasteiger charge is -2.31. The molecule has 1 fully saturated rings. The summed E-state index contributed by atoms with van der Waals surface area (Å²) in [6, 6.07) is 26.4. The van der Waals surface area contributed by atoms with Crippen LogP contribution in [0.2, 0.25) is 0 Å². The molecule has 3 nitrogen and oxygen atoms in total. The first-order chi connectivity index (χ1) is 14.6. The van der Waals surface area contributed by atoms with Gasteiger partial charge >= 0.3 is 0 Å². The van der Waals surface area contributed by atoms with Crippen LogP contribution in [0, 0.1) is 0 Å². The maximum Gasteiger partial charge on any atom is 0.193 e. The fraction of sp³-hybridized carbons (Fsp3) is 0.269. The number of carbonyl (C=O) groups excluding carboxylic acids is 1. The molecule has 0 radical (unpaired) electrons. The van der Waals surface area contributed by atoms with Crippen LogP contribution >= 0.6 is 15.9 Å². The van der Waals surface area contributed by atoms with Crippen LogP contribution in [0.1, 0.15) is 47.3 Å². The van der Waals surface area contributed by atoms with Gasteiger partial charge in [-0.1, -0.05) is 46.3 Å². The Morgan fingerprint density at radius 1 is 1.00 bits per heavy atom. The van der Waals surface area contributed by atoms with Crippen LogP contribution in [0.4, 0.5) is 0 Å². The van der Waals surface area contributed by atoms with Crippen molar-refractivity contribution in [3.05, 3.63) is 100 Å². The third kappa shape index (κ3) is 4.82. The van der Waals surface area contributed by atoms with Gasteiger partial charge in [0.1, 0.15) is 12.4 Å². The molecule has 1 saturated heterocycles. The number of halogens is 1. The molecule has 2 unspecified atom stereocenters. The SMILES string of the molecule is CC(c1ccccc1)N1CCCC1COc1ccc(C(=O)c2ccc(Br)cc2)cc1. The van der Waals surface area contributed by atoms with Crippen LogP contribution in [0.25, 0.3) is 0 Å². The number of hydrogen-bond acceptors (Lipinski definition) is 3. The van der Waals surface area contributed by atoms with E-state index in [9.17, 15) is 4.79 Å². The minimum absolute atomic E-state index is 0.0210. The second-order valence-corrected chi connectivity index (χ2v) is 8.71. The molecule has 0 saturated carbocycles. The lowest BCUT2D eigenvalue weighted by molar-refractivity contribution is 0.103. The highest BCUT2D eigenvalue weighted by molar-refractivity contribution is 9.10. The van der Waals surface area contributed by atoms with Crippen LogP contribution in [-0.4, -0.2) is 29.9 Å².